The fourth-order valence-electron chi connectivity index (χ4n) is 3.23. The lowest BCUT2D eigenvalue weighted by atomic mass is 9.87. The van der Waals surface area contributed by atoms with E-state index in [9.17, 15) is 4.79 Å². The highest BCUT2D eigenvalue weighted by Crippen LogP contribution is 2.27. The highest BCUT2D eigenvalue weighted by atomic mass is 16.2. The van der Waals surface area contributed by atoms with Gasteiger partial charge in [0.2, 0.25) is 0 Å². The normalized spacial score (nSPS) is 21.6. The lowest BCUT2D eigenvalue weighted by Crippen LogP contribution is -2.48. The average Bonchev–Trinajstić information content (AvgIpc) is 2.54. The predicted molar refractivity (Wildman–Crippen MR) is 88.9 cm³/mol. The molecule has 0 saturated carbocycles. The molecular weight excluding hydrogens is 272 g/mol. The number of aryl methyl sites for hydroxylation is 1. The van der Waals surface area contributed by atoms with E-state index in [0.29, 0.717) is 12.5 Å². The molecule has 0 spiro atoms. The third-order valence-corrected chi connectivity index (χ3v) is 4.30. The first-order valence-electron chi connectivity index (χ1n) is 7.80. The van der Waals surface area contributed by atoms with Gasteiger partial charge in [0, 0.05) is 30.6 Å². The SMILES string of the molecule is Cc1cccc(C2CC(N)CN(C(=O)c3ccccc3)C2)c1. The number of nitrogens with two attached hydrogens (primary N) is 1. The van der Waals surface area contributed by atoms with Crippen LogP contribution in [0.2, 0.25) is 0 Å². The van der Waals surface area contributed by atoms with Crippen molar-refractivity contribution in [3.63, 3.8) is 0 Å². The van der Waals surface area contributed by atoms with E-state index in [2.05, 4.69) is 31.2 Å². The summed E-state index contributed by atoms with van der Waals surface area (Å²) in [5, 5.41) is 0. The second-order valence-corrected chi connectivity index (χ2v) is 6.18. The Labute approximate surface area is 131 Å². The maximum Gasteiger partial charge on any atom is 0.253 e. The van der Waals surface area contributed by atoms with E-state index in [-0.39, 0.29) is 11.9 Å². The van der Waals surface area contributed by atoms with Gasteiger partial charge in [-0.3, -0.25) is 4.79 Å². The summed E-state index contributed by atoms with van der Waals surface area (Å²) in [6, 6.07) is 18.0. The zero-order valence-electron chi connectivity index (χ0n) is 12.9. The van der Waals surface area contributed by atoms with Crippen LogP contribution in [0.1, 0.15) is 33.8 Å². The summed E-state index contributed by atoms with van der Waals surface area (Å²) < 4.78 is 0. The van der Waals surface area contributed by atoms with Crippen molar-refractivity contribution in [3.05, 3.63) is 71.3 Å². The first-order valence-corrected chi connectivity index (χ1v) is 7.80. The standard InChI is InChI=1S/C19H22N2O/c1-14-6-5-9-16(10-14)17-11-18(20)13-21(12-17)19(22)15-7-3-2-4-8-15/h2-10,17-18H,11-13,20H2,1H3. The van der Waals surface area contributed by atoms with Crippen LogP contribution in [-0.2, 0) is 0 Å². The van der Waals surface area contributed by atoms with Gasteiger partial charge in [0.05, 0.1) is 0 Å². The largest absolute Gasteiger partial charge is 0.336 e. The summed E-state index contributed by atoms with van der Waals surface area (Å²) in [5.41, 5.74) is 9.48. The van der Waals surface area contributed by atoms with Crippen LogP contribution in [-0.4, -0.2) is 29.9 Å². The molecule has 114 valence electrons. The molecule has 2 N–H and O–H groups in total. The smallest absolute Gasteiger partial charge is 0.253 e. The van der Waals surface area contributed by atoms with Gasteiger partial charge in [0.25, 0.3) is 5.91 Å². The Hall–Kier alpha value is -2.13. The lowest BCUT2D eigenvalue weighted by molar-refractivity contribution is 0.0689. The van der Waals surface area contributed by atoms with Crippen molar-refractivity contribution in [3.8, 4) is 0 Å². The minimum atomic E-state index is 0.0342. The van der Waals surface area contributed by atoms with Crippen LogP contribution in [0, 0.1) is 6.92 Å². The van der Waals surface area contributed by atoms with Crippen molar-refractivity contribution in [2.24, 2.45) is 5.73 Å². The molecule has 3 heteroatoms. The van der Waals surface area contributed by atoms with Gasteiger partial charge in [0.15, 0.2) is 0 Å². The van der Waals surface area contributed by atoms with E-state index in [4.69, 9.17) is 5.73 Å². The van der Waals surface area contributed by atoms with Crippen molar-refractivity contribution < 1.29 is 4.79 Å². The first kappa shape index (κ1) is 14.8. The zero-order valence-corrected chi connectivity index (χ0v) is 12.9. The summed E-state index contributed by atoms with van der Waals surface area (Å²) in [4.78, 5) is 14.6. The molecule has 1 amide bonds. The minimum absolute atomic E-state index is 0.0342. The van der Waals surface area contributed by atoms with Crippen LogP contribution in [0.25, 0.3) is 0 Å². The molecule has 0 bridgehead atoms. The maximum atomic E-state index is 12.7. The highest BCUT2D eigenvalue weighted by Gasteiger charge is 2.29. The predicted octanol–water partition coefficient (Wildman–Crippen LogP) is 2.95. The number of nitrogens with zero attached hydrogens (tertiary/aromatic N) is 1. The molecule has 2 atom stereocenters. The minimum Gasteiger partial charge on any atom is -0.336 e. The molecule has 2 aromatic carbocycles. The van der Waals surface area contributed by atoms with Gasteiger partial charge in [-0.15, -0.1) is 0 Å². The number of rotatable bonds is 2. The molecule has 2 aromatic rings. The van der Waals surface area contributed by atoms with Crippen molar-refractivity contribution in [2.75, 3.05) is 13.1 Å². The van der Waals surface area contributed by atoms with E-state index in [1.54, 1.807) is 0 Å². The second-order valence-electron chi connectivity index (χ2n) is 6.18. The third kappa shape index (κ3) is 3.20. The average molecular weight is 294 g/mol. The Morgan fingerprint density at radius 3 is 2.59 bits per heavy atom. The number of benzene rings is 2. The maximum absolute atomic E-state index is 12.7. The number of hydrogen-bond acceptors (Lipinski definition) is 2. The van der Waals surface area contributed by atoms with E-state index in [1.165, 1.54) is 11.1 Å². The van der Waals surface area contributed by atoms with Gasteiger partial charge in [-0.1, -0.05) is 48.0 Å². The van der Waals surface area contributed by atoms with Crippen LogP contribution in [0.4, 0.5) is 0 Å². The van der Waals surface area contributed by atoms with E-state index in [0.717, 1.165) is 18.5 Å². The summed E-state index contributed by atoms with van der Waals surface area (Å²) in [6.45, 7) is 3.47. The van der Waals surface area contributed by atoms with E-state index < -0.39 is 0 Å². The molecular formula is C19H22N2O. The van der Waals surface area contributed by atoms with Crippen LogP contribution in [0.5, 0.6) is 0 Å². The fourth-order valence-corrected chi connectivity index (χ4v) is 3.23. The number of carbonyl (C=O) groups excluding carboxylic acids is 1. The Bertz CT molecular complexity index is 653. The van der Waals surface area contributed by atoms with Gasteiger partial charge < -0.3 is 10.6 Å². The van der Waals surface area contributed by atoms with Crippen LogP contribution in [0.15, 0.2) is 54.6 Å². The quantitative estimate of drug-likeness (QED) is 0.925. The fraction of sp³-hybridized carbons (Fsp3) is 0.316. The number of amides is 1. The number of likely N-dealkylation sites (tertiary alicyclic amines) is 1. The van der Waals surface area contributed by atoms with Gasteiger partial charge in [-0.2, -0.15) is 0 Å². The highest BCUT2D eigenvalue weighted by molar-refractivity contribution is 5.94. The molecule has 1 saturated heterocycles. The number of carbonyl (C=O) groups is 1. The molecule has 22 heavy (non-hydrogen) atoms. The zero-order chi connectivity index (χ0) is 15.5. The molecule has 0 aliphatic carbocycles. The van der Waals surface area contributed by atoms with Crippen molar-refractivity contribution in [1.82, 2.24) is 4.90 Å². The monoisotopic (exact) mass is 294 g/mol. The summed E-state index contributed by atoms with van der Waals surface area (Å²) in [5.74, 6) is 0.393. The topological polar surface area (TPSA) is 46.3 Å². The van der Waals surface area contributed by atoms with Crippen LogP contribution in [0.3, 0.4) is 0 Å². The van der Waals surface area contributed by atoms with Crippen molar-refractivity contribution >= 4 is 5.91 Å². The Morgan fingerprint density at radius 2 is 1.86 bits per heavy atom. The van der Waals surface area contributed by atoms with Gasteiger partial charge in [0.1, 0.15) is 0 Å². The Kier molecular flexibility index (Phi) is 4.25. The van der Waals surface area contributed by atoms with Crippen molar-refractivity contribution in [2.45, 2.75) is 25.3 Å². The van der Waals surface area contributed by atoms with E-state index in [1.807, 2.05) is 35.2 Å². The summed E-state index contributed by atoms with van der Waals surface area (Å²) in [7, 11) is 0. The van der Waals surface area contributed by atoms with E-state index >= 15 is 0 Å². The van der Waals surface area contributed by atoms with Gasteiger partial charge in [-0.05, 0) is 31.0 Å². The van der Waals surface area contributed by atoms with Gasteiger partial charge >= 0.3 is 0 Å². The van der Waals surface area contributed by atoms with Crippen LogP contribution >= 0.6 is 0 Å². The molecule has 0 radical (unpaired) electrons. The van der Waals surface area contributed by atoms with Crippen molar-refractivity contribution in [1.29, 1.82) is 0 Å². The van der Waals surface area contributed by atoms with Gasteiger partial charge in [-0.25, -0.2) is 0 Å². The molecule has 0 aromatic heterocycles. The first-order chi connectivity index (χ1) is 10.6. The molecule has 1 heterocycles. The molecule has 3 rings (SSSR count). The molecule has 3 nitrogen and oxygen atoms in total. The van der Waals surface area contributed by atoms with Crippen LogP contribution < -0.4 is 5.73 Å². The second kappa shape index (κ2) is 6.32. The summed E-state index contributed by atoms with van der Waals surface area (Å²) in [6.07, 6.45) is 0.933. The Balaban J connectivity index is 1.80. The number of hydrogen-bond donors (Lipinski definition) is 1. The molecule has 1 fully saturated rings. The molecule has 1 aliphatic heterocycles. The molecule has 1 aliphatic rings. The lowest BCUT2D eigenvalue weighted by Gasteiger charge is -2.36. The Morgan fingerprint density at radius 1 is 1.09 bits per heavy atom. The molecule has 2 unspecified atom stereocenters. The number of piperidine rings is 1. The summed E-state index contributed by atoms with van der Waals surface area (Å²) >= 11 is 0. The third-order valence-electron chi connectivity index (χ3n) is 4.30.